The Bertz CT molecular complexity index is 871. The van der Waals surface area contributed by atoms with E-state index in [0.717, 1.165) is 36.3 Å². The molecule has 3 heterocycles. The third kappa shape index (κ3) is 2.92. The molecule has 2 aromatic heterocycles. The van der Waals surface area contributed by atoms with Gasteiger partial charge in [-0.3, -0.25) is 0 Å². The summed E-state index contributed by atoms with van der Waals surface area (Å²) in [4.78, 5) is 11.5. The molecule has 1 N–H and O–H groups in total. The molecule has 0 radical (unpaired) electrons. The quantitative estimate of drug-likeness (QED) is 0.586. The van der Waals surface area contributed by atoms with Gasteiger partial charge in [0.1, 0.15) is 11.2 Å². The van der Waals surface area contributed by atoms with Crippen LogP contribution in [0.2, 0.25) is 0 Å². The molecule has 0 amide bonds. The number of imidazole rings is 1. The number of benzene rings is 1. The third-order valence-corrected chi connectivity index (χ3v) is 4.15. The van der Waals surface area contributed by atoms with E-state index in [1.807, 2.05) is 16.7 Å². The largest absolute Gasteiger partial charge is 0.493 e. The molecule has 1 fully saturated rings. The van der Waals surface area contributed by atoms with Gasteiger partial charge < -0.3 is 18.9 Å². The average Bonchev–Trinajstić information content (AvgIpc) is 3.01. The topological polar surface area (TPSA) is 65.0 Å². The Morgan fingerprint density at radius 2 is 1.96 bits per heavy atom. The van der Waals surface area contributed by atoms with Crippen LogP contribution in [0.5, 0.6) is 0 Å². The second-order valence-electron chi connectivity index (χ2n) is 5.45. The van der Waals surface area contributed by atoms with E-state index in [9.17, 15) is 0 Å². The van der Waals surface area contributed by atoms with Crippen molar-refractivity contribution in [1.29, 1.82) is 0 Å². The van der Waals surface area contributed by atoms with Crippen LogP contribution < -0.4 is 5.46 Å². The molecule has 0 spiro atoms. The zero-order chi connectivity index (χ0) is 15.6. The summed E-state index contributed by atoms with van der Waals surface area (Å²) < 4.78 is 13.8. The lowest BCUT2D eigenvalue weighted by Crippen LogP contribution is -2.40. The summed E-state index contributed by atoms with van der Waals surface area (Å²) >= 11 is 5.19. The fraction of sp³-hybridized carbons (Fsp3) is 0.267. The number of hydrogen-bond donors (Lipinski definition) is 1. The van der Waals surface area contributed by atoms with E-state index < -0.39 is 0 Å². The summed E-state index contributed by atoms with van der Waals surface area (Å²) in [6.45, 7) is 2.21. The molecule has 1 aromatic carbocycles. The minimum atomic E-state index is -0.242. The molecule has 6 nitrogen and oxygen atoms in total. The third-order valence-electron chi connectivity index (χ3n) is 3.86. The first-order valence-corrected chi connectivity index (χ1v) is 7.93. The molecule has 0 unspecified atom stereocenters. The van der Waals surface area contributed by atoms with Gasteiger partial charge >= 0.3 is 7.12 Å². The van der Waals surface area contributed by atoms with Crippen molar-refractivity contribution in [3.63, 3.8) is 0 Å². The zero-order valence-electron chi connectivity index (χ0n) is 12.4. The van der Waals surface area contributed by atoms with Crippen LogP contribution in [0.4, 0.5) is 0 Å². The van der Waals surface area contributed by atoms with Crippen LogP contribution in [-0.4, -0.2) is 39.9 Å². The number of aromatic amines is 1. The van der Waals surface area contributed by atoms with E-state index in [1.165, 1.54) is 5.56 Å². The van der Waals surface area contributed by atoms with Gasteiger partial charge in [0.25, 0.3) is 0 Å². The van der Waals surface area contributed by atoms with E-state index in [-0.39, 0.29) is 7.12 Å². The van der Waals surface area contributed by atoms with E-state index in [1.54, 1.807) is 12.7 Å². The summed E-state index contributed by atoms with van der Waals surface area (Å²) in [5.41, 5.74) is 3.82. The second kappa shape index (κ2) is 6.23. The van der Waals surface area contributed by atoms with Crippen molar-refractivity contribution in [2.24, 2.45) is 0 Å². The maximum atomic E-state index is 5.62. The number of rotatable bonds is 3. The molecule has 1 aliphatic rings. The monoisotopic (exact) mass is 326 g/mol. The van der Waals surface area contributed by atoms with Gasteiger partial charge in [0.2, 0.25) is 0 Å². The highest BCUT2D eigenvalue weighted by Crippen LogP contribution is 2.12. The predicted octanol–water partition coefficient (Wildman–Crippen LogP) is 1.67. The van der Waals surface area contributed by atoms with Gasteiger partial charge in [-0.2, -0.15) is 0 Å². The first-order chi connectivity index (χ1) is 11.3. The standard InChI is InChI=1S/C15H15BN4O2S/c23-15-13-14(17-9-18-15)20(10-19-13)8-11-2-4-12(5-3-11)16-21-6-1-7-22-16/h2-5,9-10H,1,6-8H2,(H,17,18,23). The van der Waals surface area contributed by atoms with Crippen LogP contribution in [0.3, 0.4) is 0 Å². The van der Waals surface area contributed by atoms with Crippen LogP contribution in [0.25, 0.3) is 11.2 Å². The lowest BCUT2D eigenvalue weighted by atomic mass is 9.78. The van der Waals surface area contributed by atoms with Crippen molar-refractivity contribution in [2.45, 2.75) is 13.0 Å². The minimum Gasteiger partial charge on any atom is -0.407 e. The maximum Gasteiger partial charge on any atom is 0.493 e. The van der Waals surface area contributed by atoms with Crippen LogP contribution in [0.1, 0.15) is 12.0 Å². The highest BCUT2D eigenvalue weighted by Gasteiger charge is 2.23. The van der Waals surface area contributed by atoms with Crippen LogP contribution >= 0.6 is 12.2 Å². The fourth-order valence-corrected chi connectivity index (χ4v) is 2.88. The van der Waals surface area contributed by atoms with Gasteiger partial charge in [-0.1, -0.05) is 36.5 Å². The van der Waals surface area contributed by atoms with E-state index >= 15 is 0 Å². The number of nitrogens with one attached hydrogen (secondary N) is 1. The summed E-state index contributed by atoms with van der Waals surface area (Å²) in [5, 5.41) is 0. The van der Waals surface area contributed by atoms with Gasteiger partial charge in [-0.25, -0.2) is 9.97 Å². The number of aromatic nitrogens is 4. The molecule has 0 saturated carbocycles. The molecular weight excluding hydrogens is 311 g/mol. The smallest absolute Gasteiger partial charge is 0.407 e. The SMILES string of the molecule is S=c1nc[nH]c2c1ncn2Cc1ccc(B2OCCCO2)cc1. The van der Waals surface area contributed by atoms with Gasteiger partial charge in [-0.15, -0.1) is 0 Å². The molecule has 8 heteroatoms. The average molecular weight is 326 g/mol. The van der Waals surface area contributed by atoms with Gasteiger partial charge in [0.15, 0.2) is 4.64 Å². The van der Waals surface area contributed by atoms with Crippen LogP contribution in [-0.2, 0) is 15.9 Å². The van der Waals surface area contributed by atoms with E-state index in [4.69, 9.17) is 21.5 Å². The first kappa shape index (κ1) is 14.6. The summed E-state index contributed by atoms with van der Waals surface area (Å²) in [6.07, 6.45) is 4.34. The molecule has 1 aliphatic heterocycles. The highest BCUT2D eigenvalue weighted by atomic mass is 32.1. The van der Waals surface area contributed by atoms with Crippen LogP contribution in [0, 0.1) is 4.64 Å². The predicted molar refractivity (Wildman–Crippen MR) is 90.2 cm³/mol. The fourth-order valence-electron chi connectivity index (χ4n) is 2.68. The number of H-pyrrole nitrogens is 1. The Morgan fingerprint density at radius 1 is 1.17 bits per heavy atom. The molecule has 1 saturated heterocycles. The summed E-state index contributed by atoms with van der Waals surface area (Å²) in [6, 6.07) is 8.26. The molecule has 0 atom stereocenters. The van der Waals surface area contributed by atoms with Gasteiger partial charge in [-0.05, 0) is 17.4 Å². The number of nitrogens with zero attached hydrogens (tertiary/aromatic N) is 3. The molecule has 116 valence electrons. The van der Waals surface area contributed by atoms with E-state index in [2.05, 4.69) is 27.1 Å². The van der Waals surface area contributed by atoms with Crippen molar-refractivity contribution < 1.29 is 9.31 Å². The molecular formula is C15H15BN4O2S. The van der Waals surface area contributed by atoms with Crippen molar-refractivity contribution >= 4 is 36.0 Å². The zero-order valence-corrected chi connectivity index (χ0v) is 13.3. The summed E-state index contributed by atoms with van der Waals surface area (Å²) in [7, 11) is -0.242. The van der Waals surface area contributed by atoms with Gasteiger partial charge in [0.05, 0.1) is 19.2 Å². The second-order valence-corrected chi connectivity index (χ2v) is 5.83. The molecule has 3 aromatic rings. The van der Waals surface area contributed by atoms with E-state index in [0.29, 0.717) is 11.2 Å². The lowest BCUT2D eigenvalue weighted by molar-refractivity contribution is 0.143. The highest BCUT2D eigenvalue weighted by molar-refractivity contribution is 7.71. The number of fused-ring (bicyclic) bond motifs is 1. The Hall–Kier alpha value is -2.03. The minimum absolute atomic E-state index is 0.242. The molecule has 0 aliphatic carbocycles. The van der Waals surface area contributed by atoms with Crippen molar-refractivity contribution in [3.8, 4) is 0 Å². The Labute approximate surface area is 138 Å². The maximum absolute atomic E-state index is 5.62. The molecule has 4 rings (SSSR count). The molecule has 23 heavy (non-hydrogen) atoms. The summed E-state index contributed by atoms with van der Waals surface area (Å²) in [5.74, 6) is 0. The Kier molecular flexibility index (Phi) is 3.94. The Balaban J connectivity index is 1.56. The Morgan fingerprint density at radius 3 is 2.74 bits per heavy atom. The normalized spacial score (nSPS) is 15.2. The number of hydrogen-bond acceptors (Lipinski definition) is 5. The van der Waals surface area contributed by atoms with Crippen LogP contribution in [0.15, 0.2) is 36.9 Å². The van der Waals surface area contributed by atoms with Crippen molar-refractivity contribution in [2.75, 3.05) is 13.2 Å². The van der Waals surface area contributed by atoms with Crippen molar-refractivity contribution in [3.05, 3.63) is 47.1 Å². The van der Waals surface area contributed by atoms with Crippen molar-refractivity contribution in [1.82, 2.24) is 19.5 Å². The van der Waals surface area contributed by atoms with Gasteiger partial charge in [0, 0.05) is 13.2 Å². The lowest BCUT2D eigenvalue weighted by Gasteiger charge is -2.20. The first-order valence-electron chi connectivity index (χ1n) is 7.52. The molecule has 0 bridgehead atoms.